The fourth-order valence-corrected chi connectivity index (χ4v) is 2.05. The Morgan fingerprint density at radius 2 is 1.83 bits per heavy atom. The zero-order valence-corrected chi connectivity index (χ0v) is 8.11. The van der Waals surface area contributed by atoms with Gasteiger partial charge in [-0.25, -0.2) is 8.78 Å². The normalized spacial score (nSPS) is 35.5. The molecule has 72 valence electrons. The summed E-state index contributed by atoms with van der Waals surface area (Å²) in [5.74, 6) is 0.240. The van der Waals surface area contributed by atoms with Crippen molar-refractivity contribution < 1.29 is 8.78 Å². The van der Waals surface area contributed by atoms with Gasteiger partial charge in [-0.3, -0.25) is 0 Å². The smallest absolute Gasteiger partial charge is 0.210 e. The Morgan fingerprint density at radius 3 is 2.25 bits per heavy atom. The molecule has 0 aromatic rings. The van der Waals surface area contributed by atoms with Crippen molar-refractivity contribution >= 4 is 0 Å². The van der Waals surface area contributed by atoms with E-state index in [1.54, 1.807) is 0 Å². The highest BCUT2D eigenvalue weighted by Crippen LogP contribution is 2.44. The Morgan fingerprint density at radius 1 is 1.25 bits per heavy atom. The maximum Gasteiger partial charge on any atom is 0.241 e. The maximum atomic E-state index is 12.4. The fraction of sp³-hybridized carbons (Fsp3) is 1.00. The highest BCUT2D eigenvalue weighted by Gasteiger charge is 2.37. The number of alkyl halides is 2. The zero-order chi connectivity index (χ0) is 9.35. The van der Waals surface area contributed by atoms with Gasteiger partial charge in [0.1, 0.15) is 0 Å². The molecule has 0 amide bonds. The molecule has 0 bridgehead atoms. The first-order valence-corrected chi connectivity index (χ1v) is 4.71. The maximum absolute atomic E-state index is 12.4. The van der Waals surface area contributed by atoms with Crippen LogP contribution >= 0.6 is 0 Å². The molecule has 1 aliphatic rings. The van der Waals surface area contributed by atoms with Crippen LogP contribution in [-0.4, -0.2) is 6.43 Å². The van der Waals surface area contributed by atoms with Gasteiger partial charge in [0.15, 0.2) is 0 Å². The van der Waals surface area contributed by atoms with Gasteiger partial charge in [0, 0.05) is 5.92 Å². The van der Waals surface area contributed by atoms with Crippen molar-refractivity contribution in [1.29, 1.82) is 0 Å². The second kappa shape index (κ2) is 3.31. The lowest BCUT2D eigenvalue weighted by Gasteiger charge is -2.40. The van der Waals surface area contributed by atoms with Crippen LogP contribution in [0.15, 0.2) is 0 Å². The predicted octanol–water partition coefficient (Wildman–Crippen LogP) is 3.71. The Hall–Kier alpha value is -0.140. The SMILES string of the molecule is C[C@H]1CC[C@H](C(F)F)CC1(C)C. The quantitative estimate of drug-likeness (QED) is 0.571. The van der Waals surface area contributed by atoms with Crippen LogP contribution in [0.1, 0.15) is 40.0 Å². The number of hydrogen-bond acceptors (Lipinski definition) is 0. The van der Waals surface area contributed by atoms with Crippen LogP contribution in [0.2, 0.25) is 0 Å². The van der Waals surface area contributed by atoms with E-state index in [2.05, 4.69) is 20.8 Å². The van der Waals surface area contributed by atoms with E-state index in [0.29, 0.717) is 18.8 Å². The van der Waals surface area contributed by atoms with Gasteiger partial charge < -0.3 is 0 Å². The Labute approximate surface area is 73.3 Å². The Bertz CT molecular complexity index is 152. The lowest BCUT2D eigenvalue weighted by molar-refractivity contribution is 0.000662. The molecule has 0 aromatic carbocycles. The third-order valence-corrected chi connectivity index (χ3v) is 3.45. The molecular formula is C10H18F2. The zero-order valence-electron chi connectivity index (χ0n) is 8.11. The molecule has 1 rings (SSSR count). The monoisotopic (exact) mass is 176 g/mol. The summed E-state index contributed by atoms with van der Waals surface area (Å²) in [6.45, 7) is 6.38. The van der Waals surface area contributed by atoms with Crippen LogP contribution in [0.4, 0.5) is 8.78 Å². The van der Waals surface area contributed by atoms with Crippen LogP contribution in [0, 0.1) is 17.3 Å². The summed E-state index contributed by atoms with van der Waals surface area (Å²) in [5.41, 5.74) is 0.110. The fourth-order valence-electron chi connectivity index (χ4n) is 2.05. The predicted molar refractivity (Wildman–Crippen MR) is 46.3 cm³/mol. The molecule has 0 radical (unpaired) electrons. The number of hydrogen-bond donors (Lipinski definition) is 0. The molecule has 0 nitrogen and oxygen atoms in total. The minimum Gasteiger partial charge on any atom is -0.210 e. The van der Waals surface area contributed by atoms with Crippen molar-refractivity contribution in [3.8, 4) is 0 Å². The van der Waals surface area contributed by atoms with E-state index in [-0.39, 0.29) is 11.3 Å². The van der Waals surface area contributed by atoms with E-state index in [4.69, 9.17) is 0 Å². The molecule has 12 heavy (non-hydrogen) atoms. The van der Waals surface area contributed by atoms with Gasteiger partial charge >= 0.3 is 0 Å². The van der Waals surface area contributed by atoms with Crippen molar-refractivity contribution in [1.82, 2.24) is 0 Å². The van der Waals surface area contributed by atoms with E-state index in [1.807, 2.05) is 0 Å². The van der Waals surface area contributed by atoms with Crippen LogP contribution < -0.4 is 0 Å². The first-order chi connectivity index (χ1) is 5.43. The molecule has 1 aliphatic carbocycles. The summed E-state index contributed by atoms with van der Waals surface area (Å²) in [7, 11) is 0. The van der Waals surface area contributed by atoms with Gasteiger partial charge in [-0.1, -0.05) is 20.8 Å². The Kier molecular flexibility index (Phi) is 2.74. The molecule has 0 aromatic heterocycles. The van der Waals surface area contributed by atoms with Gasteiger partial charge in [0.2, 0.25) is 6.43 Å². The van der Waals surface area contributed by atoms with Crippen molar-refractivity contribution in [3.05, 3.63) is 0 Å². The van der Waals surface area contributed by atoms with E-state index >= 15 is 0 Å². The average molecular weight is 176 g/mol. The standard InChI is InChI=1S/C10H18F2/c1-7-4-5-8(9(11)12)6-10(7,2)3/h7-9H,4-6H2,1-3H3/t7-,8-/m0/s1. The molecule has 0 saturated heterocycles. The molecule has 2 heteroatoms. The van der Waals surface area contributed by atoms with Gasteiger partial charge in [-0.05, 0) is 30.6 Å². The molecule has 0 spiro atoms. The van der Waals surface area contributed by atoms with E-state index in [9.17, 15) is 8.78 Å². The van der Waals surface area contributed by atoms with Crippen molar-refractivity contribution in [3.63, 3.8) is 0 Å². The molecular weight excluding hydrogens is 158 g/mol. The second-order valence-electron chi connectivity index (χ2n) is 4.77. The highest BCUT2D eigenvalue weighted by atomic mass is 19.3. The lowest BCUT2D eigenvalue weighted by Crippen LogP contribution is -2.33. The molecule has 0 unspecified atom stereocenters. The van der Waals surface area contributed by atoms with Crippen LogP contribution in [0.25, 0.3) is 0 Å². The third-order valence-electron chi connectivity index (χ3n) is 3.45. The molecule has 0 N–H and O–H groups in total. The summed E-state index contributed by atoms with van der Waals surface area (Å²) >= 11 is 0. The van der Waals surface area contributed by atoms with E-state index in [1.165, 1.54) is 0 Å². The summed E-state index contributed by atoms with van der Waals surface area (Å²) in [4.78, 5) is 0. The lowest BCUT2D eigenvalue weighted by atomic mass is 9.66. The minimum atomic E-state index is -2.11. The topological polar surface area (TPSA) is 0 Å². The van der Waals surface area contributed by atoms with Crippen molar-refractivity contribution in [2.75, 3.05) is 0 Å². The first kappa shape index (κ1) is 9.94. The molecule has 1 fully saturated rings. The van der Waals surface area contributed by atoms with Gasteiger partial charge in [-0.2, -0.15) is 0 Å². The van der Waals surface area contributed by atoms with Crippen molar-refractivity contribution in [2.45, 2.75) is 46.5 Å². The third kappa shape index (κ3) is 1.96. The highest BCUT2D eigenvalue weighted by molar-refractivity contribution is 4.85. The first-order valence-electron chi connectivity index (χ1n) is 4.71. The summed E-state index contributed by atoms with van der Waals surface area (Å²) in [6.07, 6.45) is 0.243. The second-order valence-corrected chi connectivity index (χ2v) is 4.77. The molecule has 0 heterocycles. The van der Waals surface area contributed by atoms with Crippen molar-refractivity contribution in [2.24, 2.45) is 17.3 Å². The van der Waals surface area contributed by atoms with Crippen LogP contribution in [-0.2, 0) is 0 Å². The Balaban J connectivity index is 2.57. The minimum absolute atomic E-state index is 0.110. The van der Waals surface area contributed by atoms with Crippen LogP contribution in [0.5, 0.6) is 0 Å². The van der Waals surface area contributed by atoms with E-state index in [0.717, 1.165) is 6.42 Å². The number of rotatable bonds is 1. The molecule has 1 saturated carbocycles. The summed E-state index contributed by atoms with van der Waals surface area (Å²) < 4.78 is 24.8. The van der Waals surface area contributed by atoms with E-state index < -0.39 is 6.43 Å². The summed E-state index contributed by atoms with van der Waals surface area (Å²) in [5, 5.41) is 0. The van der Waals surface area contributed by atoms with Gasteiger partial charge in [0.05, 0.1) is 0 Å². The van der Waals surface area contributed by atoms with Gasteiger partial charge in [-0.15, -0.1) is 0 Å². The average Bonchev–Trinajstić information content (AvgIpc) is 1.94. The largest absolute Gasteiger partial charge is 0.241 e. The van der Waals surface area contributed by atoms with Gasteiger partial charge in [0.25, 0.3) is 0 Å². The number of halogens is 2. The summed E-state index contributed by atoms with van der Waals surface area (Å²) in [6, 6.07) is 0. The molecule has 0 aliphatic heterocycles. The molecule has 2 atom stereocenters. The van der Waals surface area contributed by atoms with Crippen LogP contribution in [0.3, 0.4) is 0 Å².